The van der Waals surface area contributed by atoms with Gasteiger partial charge in [0.1, 0.15) is 17.4 Å². The lowest BCUT2D eigenvalue weighted by molar-refractivity contribution is 0.125. The number of nitrogens with one attached hydrogen (secondary N) is 1. The van der Waals surface area contributed by atoms with Crippen LogP contribution in [0.25, 0.3) is 0 Å². The van der Waals surface area contributed by atoms with E-state index < -0.39 is 18.1 Å². The van der Waals surface area contributed by atoms with Crippen LogP contribution in [0.2, 0.25) is 5.15 Å². The highest BCUT2D eigenvalue weighted by atomic mass is 35.5. The molecule has 21 heavy (non-hydrogen) atoms. The minimum atomic E-state index is -1.06. The first-order valence-corrected chi connectivity index (χ1v) is 6.89. The summed E-state index contributed by atoms with van der Waals surface area (Å²) in [6, 6.07) is 2.67. The summed E-state index contributed by atoms with van der Waals surface area (Å²) in [6.45, 7) is 1.79. The monoisotopic (exact) mass is 312 g/mol. The topological polar surface area (TPSA) is 89.3 Å². The molecule has 1 aromatic heterocycles. The largest absolute Gasteiger partial charge is 0.465 e. The summed E-state index contributed by atoms with van der Waals surface area (Å²) in [5, 5.41) is 20.7. The normalized spacial score (nSPS) is 15.1. The van der Waals surface area contributed by atoms with Crippen LogP contribution in [-0.4, -0.2) is 33.3 Å². The fraction of sp³-hybridized carbons (Fsp3) is 0.462. The van der Waals surface area contributed by atoms with Crippen molar-refractivity contribution in [2.24, 2.45) is 0 Å². The fourth-order valence-corrected chi connectivity index (χ4v) is 2.25. The number of pyridine rings is 1. The lowest BCUT2D eigenvalue weighted by atomic mass is 10.2. The number of anilines is 1. The third-order valence-corrected chi connectivity index (χ3v) is 3.53. The van der Waals surface area contributed by atoms with E-state index in [2.05, 4.69) is 10.3 Å². The van der Waals surface area contributed by atoms with Crippen LogP contribution in [0.15, 0.2) is 6.07 Å². The van der Waals surface area contributed by atoms with E-state index in [1.807, 2.05) is 0 Å². The fourth-order valence-electron chi connectivity index (χ4n) is 2.07. The van der Waals surface area contributed by atoms with Gasteiger partial charge in [0.2, 0.25) is 0 Å². The maximum Gasteiger partial charge on any atom is 0.409 e. The minimum Gasteiger partial charge on any atom is -0.465 e. The molecule has 6 nitrogen and oxygen atoms in total. The molecule has 0 bridgehead atoms. The number of rotatable bonds is 5. The van der Waals surface area contributed by atoms with Crippen LogP contribution in [0.3, 0.4) is 0 Å². The molecule has 1 aromatic rings. The number of hydrogen-bond donors (Lipinski definition) is 2. The molecule has 2 N–H and O–H groups in total. The number of carbonyl (C=O) groups is 1. The summed E-state index contributed by atoms with van der Waals surface area (Å²) < 4.78 is 13.9. The average molecular weight is 313 g/mol. The maximum atomic E-state index is 13.9. The van der Waals surface area contributed by atoms with Crippen molar-refractivity contribution in [1.29, 1.82) is 5.26 Å². The van der Waals surface area contributed by atoms with Gasteiger partial charge in [-0.25, -0.2) is 14.2 Å². The Kier molecular flexibility index (Phi) is 4.48. The highest BCUT2D eigenvalue weighted by Crippen LogP contribution is 2.30. The molecule has 8 heteroatoms. The van der Waals surface area contributed by atoms with Gasteiger partial charge in [-0.1, -0.05) is 18.5 Å². The minimum absolute atomic E-state index is 0.0446. The summed E-state index contributed by atoms with van der Waals surface area (Å²) in [5.41, 5.74) is -0.0648. The van der Waals surface area contributed by atoms with Gasteiger partial charge in [0.15, 0.2) is 11.6 Å². The van der Waals surface area contributed by atoms with Crippen molar-refractivity contribution in [3.63, 3.8) is 0 Å². The Morgan fingerprint density at radius 1 is 1.76 bits per heavy atom. The summed E-state index contributed by atoms with van der Waals surface area (Å²) in [6.07, 6.45) is 0.392. The number of hydrogen-bond acceptors (Lipinski definition) is 4. The molecule has 1 amide bonds. The zero-order valence-corrected chi connectivity index (χ0v) is 12.1. The molecule has 1 heterocycles. The SMILES string of the molecule is CCC(Nc1nc(Cl)c(C#N)cc1F)N(C(=O)O)C1CC1. The maximum absolute atomic E-state index is 13.9. The molecule has 0 spiro atoms. The third kappa shape index (κ3) is 3.34. The first-order chi connectivity index (χ1) is 9.97. The molecule has 1 aliphatic rings. The van der Waals surface area contributed by atoms with Gasteiger partial charge >= 0.3 is 6.09 Å². The van der Waals surface area contributed by atoms with Crippen LogP contribution in [0.1, 0.15) is 31.7 Å². The number of aromatic nitrogens is 1. The highest BCUT2D eigenvalue weighted by molar-refractivity contribution is 6.30. The molecule has 1 unspecified atom stereocenters. The Bertz CT molecular complexity index is 601. The van der Waals surface area contributed by atoms with E-state index >= 15 is 0 Å². The first kappa shape index (κ1) is 15.3. The number of amides is 1. The van der Waals surface area contributed by atoms with Crippen LogP contribution in [-0.2, 0) is 0 Å². The van der Waals surface area contributed by atoms with Crippen LogP contribution in [0.4, 0.5) is 15.0 Å². The number of nitrogens with zero attached hydrogens (tertiary/aromatic N) is 3. The van der Waals surface area contributed by atoms with Gasteiger partial charge in [-0.15, -0.1) is 0 Å². The molecule has 0 aliphatic heterocycles. The Morgan fingerprint density at radius 3 is 2.90 bits per heavy atom. The molecular formula is C13H14ClFN4O2. The first-order valence-electron chi connectivity index (χ1n) is 6.51. The lowest BCUT2D eigenvalue weighted by Crippen LogP contribution is -2.45. The average Bonchev–Trinajstić information content (AvgIpc) is 3.25. The van der Waals surface area contributed by atoms with Gasteiger partial charge in [-0.3, -0.25) is 4.90 Å². The van der Waals surface area contributed by atoms with E-state index in [1.54, 1.807) is 13.0 Å². The summed E-state index contributed by atoms with van der Waals surface area (Å²) in [4.78, 5) is 16.4. The van der Waals surface area contributed by atoms with E-state index in [4.69, 9.17) is 16.9 Å². The second-order valence-electron chi connectivity index (χ2n) is 4.76. The molecular weight excluding hydrogens is 299 g/mol. The van der Waals surface area contributed by atoms with Crippen LogP contribution in [0, 0.1) is 17.1 Å². The lowest BCUT2D eigenvalue weighted by Gasteiger charge is -2.29. The van der Waals surface area contributed by atoms with E-state index in [9.17, 15) is 14.3 Å². The zero-order chi connectivity index (χ0) is 15.6. The number of halogens is 2. The van der Waals surface area contributed by atoms with Crippen molar-refractivity contribution >= 4 is 23.5 Å². The summed E-state index contributed by atoms with van der Waals surface area (Å²) in [5.74, 6) is -0.895. The number of nitriles is 1. The second kappa shape index (κ2) is 6.14. The molecule has 1 aliphatic carbocycles. The van der Waals surface area contributed by atoms with Crippen molar-refractivity contribution in [2.45, 2.75) is 38.4 Å². The van der Waals surface area contributed by atoms with Crippen molar-refractivity contribution in [2.75, 3.05) is 5.32 Å². The summed E-state index contributed by atoms with van der Waals surface area (Å²) in [7, 11) is 0. The molecule has 2 rings (SSSR count). The quantitative estimate of drug-likeness (QED) is 0.644. The molecule has 1 fully saturated rings. The third-order valence-electron chi connectivity index (χ3n) is 3.24. The second-order valence-corrected chi connectivity index (χ2v) is 5.12. The summed E-state index contributed by atoms with van der Waals surface area (Å²) >= 11 is 5.77. The smallest absolute Gasteiger partial charge is 0.409 e. The Balaban J connectivity index is 2.24. The van der Waals surface area contributed by atoms with Gasteiger partial charge in [0.05, 0.1) is 5.56 Å². The van der Waals surface area contributed by atoms with E-state index in [-0.39, 0.29) is 22.6 Å². The van der Waals surface area contributed by atoms with Crippen LogP contribution in [0.5, 0.6) is 0 Å². The van der Waals surface area contributed by atoms with Crippen molar-refractivity contribution < 1.29 is 14.3 Å². The van der Waals surface area contributed by atoms with Crippen LogP contribution < -0.4 is 5.32 Å². The van der Waals surface area contributed by atoms with Crippen LogP contribution >= 0.6 is 11.6 Å². The Labute approximate surface area is 126 Å². The molecule has 0 radical (unpaired) electrons. The standard InChI is InChI=1S/C13H14ClFN4O2/c1-2-10(19(13(20)21)8-3-4-8)17-12-9(15)5-7(6-16)11(14)18-12/h5,8,10H,2-4H2,1H3,(H,17,18)(H,20,21). The van der Waals surface area contributed by atoms with Gasteiger partial charge in [-0.2, -0.15) is 5.26 Å². The molecule has 0 saturated heterocycles. The predicted molar refractivity (Wildman–Crippen MR) is 74.5 cm³/mol. The van der Waals surface area contributed by atoms with Gasteiger partial charge in [-0.05, 0) is 25.3 Å². The Hall–Kier alpha value is -2.07. The molecule has 0 aromatic carbocycles. The number of carboxylic acid groups (broad SMARTS) is 1. The molecule has 112 valence electrons. The predicted octanol–water partition coefficient (Wildman–Crippen LogP) is 3.04. The van der Waals surface area contributed by atoms with Gasteiger partial charge in [0, 0.05) is 6.04 Å². The Morgan fingerprint density at radius 2 is 2.43 bits per heavy atom. The molecule has 1 atom stereocenters. The van der Waals surface area contributed by atoms with Crippen molar-refractivity contribution in [1.82, 2.24) is 9.88 Å². The van der Waals surface area contributed by atoms with Gasteiger partial charge in [0.25, 0.3) is 0 Å². The van der Waals surface area contributed by atoms with E-state index in [0.29, 0.717) is 6.42 Å². The zero-order valence-electron chi connectivity index (χ0n) is 11.3. The van der Waals surface area contributed by atoms with Crippen molar-refractivity contribution in [3.05, 3.63) is 22.6 Å². The highest BCUT2D eigenvalue weighted by Gasteiger charge is 2.37. The van der Waals surface area contributed by atoms with Gasteiger partial charge < -0.3 is 10.4 Å². The van der Waals surface area contributed by atoms with Crippen molar-refractivity contribution in [3.8, 4) is 6.07 Å². The molecule has 1 saturated carbocycles. The van der Waals surface area contributed by atoms with E-state index in [0.717, 1.165) is 18.9 Å². The van der Waals surface area contributed by atoms with E-state index in [1.165, 1.54) is 4.90 Å².